The van der Waals surface area contributed by atoms with Crippen molar-refractivity contribution < 1.29 is 14.7 Å². The van der Waals surface area contributed by atoms with E-state index in [1.54, 1.807) is 0 Å². The second-order valence-electron chi connectivity index (χ2n) is 3.20. The zero-order valence-corrected chi connectivity index (χ0v) is 10.4. The first kappa shape index (κ1) is 12.9. The van der Waals surface area contributed by atoms with Crippen molar-refractivity contribution in [3.63, 3.8) is 0 Å². The summed E-state index contributed by atoms with van der Waals surface area (Å²) in [6, 6.07) is 9.87. The van der Waals surface area contributed by atoms with E-state index in [9.17, 15) is 14.7 Å². The topological polar surface area (TPSA) is 60.7 Å². The highest BCUT2D eigenvalue weighted by Gasteiger charge is 2.10. The van der Waals surface area contributed by atoms with E-state index in [-0.39, 0.29) is 0 Å². The average molecular weight is 248 g/mol. The van der Waals surface area contributed by atoms with Crippen LogP contribution in [-0.2, 0) is 16.5 Å². The molecule has 0 fully saturated rings. The Bertz CT molecular complexity index is 350. The van der Waals surface area contributed by atoms with Crippen LogP contribution in [0.2, 0.25) is 0 Å². The maximum atomic E-state index is 9.19. The van der Waals surface area contributed by atoms with Crippen LogP contribution in [0.5, 0.6) is 0 Å². The molecule has 3 nitrogen and oxygen atoms in total. The van der Waals surface area contributed by atoms with Crippen LogP contribution in [0.15, 0.2) is 30.3 Å². The standard InChI is InChI=1S/C10H17O3PS/c1-2-15(14(11,12)13)9-8-10-6-4-3-5-7-10/h3-7,11-13H,2,8-9H2,1H3. The Morgan fingerprint density at radius 1 is 1.13 bits per heavy atom. The Kier molecular flexibility index (Phi) is 5.03. The molecule has 1 atom stereocenters. The van der Waals surface area contributed by atoms with Gasteiger partial charge in [0.1, 0.15) is 0 Å². The SMILES string of the molecule is CCS(CCc1ccccc1)=P(O)(O)O. The largest absolute Gasteiger partial charge is 0.329 e. The lowest BCUT2D eigenvalue weighted by atomic mass is 10.2. The molecule has 15 heavy (non-hydrogen) atoms. The van der Waals surface area contributed by atoms with Gasteiger partial charge in [0.25, 0.3) is 6.72 Å². The Morgan fingerprint density at radius 3 is 2.20 bits per heavy atom. The lowest BCUT2D eigenvalue weighted by molar-refractivity contribution is 0.362. The summed E-state index contributed by atoms with van der Waals surface area (Å²) in [7, 11) is -0.671. The van der Waals surface area contributed by atoms with Crippen molar-refractivity contribution in [3.8, 4) is 0 Å². The summed E-state index contributed by atoms with van der Waals surface area (Å²) in [4.78, 5) is 27.6. The molecule has 0 aliphatic heterocycles. The highest BCUT2D eigenvalue weighted by molar-refractivity contribution is 8.27. The van der Waals surface area contributed by atoms with Crippen LogP contribution < -0.4 is 0 Å². The molecule has 0 radical (unpaired) electrons. The molecular formula is C10H17O3PS. The fourth-order valence-corrected chi connectivity index (χ4v) is 4.72. The van der Waals surface area contributed by atoms with Crippen LogP contribution in [-0.4, -0.2) is 26.2 Å². The Labute approximate surface area is 92.6 Å². The van der Waals surface area contributed by atoms with Crippen LogP contribution in [0, 0.1) is 0 Å². The molecule has 1 unspecified atom stereocenters. The van der Waals surface area contributed by atoms with Crippen molar-refractivity contribution in [2.75, 3.05) is 11.5 Å². The summed E-state index contributed by atoms with van der Waals surface area (Å²) in [5.41, 5.74) is 1.16. The fraction of sp³-hybridized carbons (Fsp3) is 0.400. The second-order valence-corrected chi connectivity index (χ2v) is 9.16. The Hall–Kier alpha value is -0.120. The quantitative estimate of drug-likeness (QED) is 0.708. The molecule has 0 amide bonds. The number of hydrogen-bond donors (Lipinski definition) is 3. The van der Waals surface area contributed by atoms with Gasteiger partial charge in [-0.3, -0.25) is 0 Å². The molecule has 0 spiro atoms. The molecule has 0 aliphatic carbocycles. The van der Waals surface area contributed by atoms with Gasteiger partial charge in [-0.2, -0.15) is 0 Å². The molecule has 0 aromatic heterocycles. The molecule has 3 N–H and O–H groups in total. The molecule has 1 aromatic rings. The van der Waals surface area contributed by atoms with E-state index in [1.165, 1.54) is 0 Å². The first-order valence-corrected chi connectivity index (χ1v) is 8.65. The summed E-state index contributed by atoms with van der Waals surface area (Å²) in [6.45, 7) is -1.77. The molecule has 5 heteroatoms. The normalized spacial score (nSPS) is 13.9. The molecule has 86 valence electrons. The minimum absolute atomic E-state index is 0.615. The number of benzene rings is 1. The van der Waals surface area contributed by atoms with Crippen LogP contribution in [0.4, 0.5) is 0 Å². The third kappa shape index (κ3) is 4.49. The van der Waals surface area contributed by atoms with Gasteiger partial charge in [0.15, 0.2) is 0 Å². The van der Waals surface area contributed by atoms with Gasteiger partial charge < -0.3 is 14.7 Å². The van der Waals surface area contributed by atoms with Gasteiger partial charge in [0.05, 0.1) is 0 Å². The van der Waals surface area contributed by atoms with E-state index < -0.39 is 16.8 Å². The molecule has 0 aliphatic rings. The van der Waals surface area contributed by atoms with Crippen molar-refractivity contribution in [2.45, 2.75) is 13.3 Å². The lowest BCUT2D eigenvalue weighted by Gasteiger charge is -2.13. The second kappa shape index (κ2) is 5.83. The van der Waals surface area contributed by atoms with Gasteiger partial charge >= 0.3 is 0 Å². The third-order valence-corrected chi connectivity index (χ3v) is 7.58. The number of hydrogen-bond acceptors (Lipinski definition) is 0. The smallest absolute Gasteiger partial charge is 0.277 e. The maximum Gasteiger partial charge on any atom is 0.277 e. The minimum atomic E-state index is -3.64. The van der Waals surface area contributed by atoms with Gasteiger partial charge in [0.2, 0.25) is 0 Å². The van der Waals surface area contributed by atoms with Crippen molar-refractivity contribution in [2.24, 2.45) is 0 Å². The molecule has 1 aromatic carbocycles. The van der Waals surface area contributed by atoms with Crippen molar-refractivity contribution in [1.29, 1.82) is 0 Å². The lowest BCUT2D eigenvalue weighted by Crippen LogP contribution is -2.05. The fourth-order valence-electron chi connectivity index (χ4n) is 1.32. The van der Waals surface area contributed by atoms with Gasteiger partial charge in [-0.15, -0.1) is 10.1 Å². The summed E-state index contributed by atoms with van der Waals surface area (Å²) < 4.78 is 0. The van der Waals surface area contributed by atoms with Gasteiger partial charge in [-0.25, -0.2) is 0 Å². The van der Waals surface area contributed by atoms with Gasteiger partial charge in [-0.05, 0) is 23.5 Å². The highest BCUT2D eigenvalue weighted by atomic mass is 32.5. The van der Waals surface area contributed by atoms with Crippen LogP contribution >= 0.6 is 6.72 Å². The highest BCUT2D eigenvalue weighted by Crippen LogP contribution is 2.36. The van der Waals surface area contributed by atoms with E-state index in [4.69, 9.17) is 0 Å². The Morgan fingerprint density at radius 2 is 1.73 bits per heavy atom. The Balaban J connectivity index is 2.65. The molecule has 0 heterocycles. The van der Waals surface area contributed by atoms with E-state index in [2.05, 4.69) is 0 Å². The first-order chi connectivity index (χ1) is 7.04. The predicted octanol–water partition coefficient (Wildman–Crippen LogP) is 1.52. The van der Waals surface area contributed by atoms with E-state index in [0.29, 0.717) is 11.5 Å². The molecule has 1 rings (SSSR count). The number of rotatable bonds is 4. The molecular weight excluding hydrogens is 231 g/mol. The molecule has 0 saturated heterocycles. The van der Waals surface area contributed by atoms with Crippen LogP contribution in [0.3, 0.4) is 0 Å². The van der Waals surface area contributed by atoms with Gasteiger partial charge in [0, 0.05) is 0 Å². The zero-order chi connectivity index (χ0) is 11.3. The zero-order valence-electron chi connectivity index (χ0n) is 8.71. The van der Waals surface area contributed by atoms with Gasteiger partial charge in [-0.1, -0.05) is 37.3 Å². The average Bonchev–Trinajstić information content (AvgIpc) is 2.18. The molecule has 0 bridgehead atoms. The van der Waals surface area contributed by atoms with Crippen LogP contribution in [0.1, 0.15) is 12.5 Å². The van der Waals surface area contributed by atoms with Crippen LogP contribution in [0.25, 0.3) is 0 Å². The van der Waals surface area contributed by atoms with Crippen molar-refractivity contribution in [3.05, 3.63) is 35.9 Å². The van der Waals surface area contributed by atoms with E-state index in [0.717, 1.165) is 12.0 Å². The number of aryl methyl sites for hydroxylation is 1. The maximum absolute atomic E-state index is 9.19. The third-order valence-electron chi connectivity index (χ3n) is 2.15. The monoisotopic (exact) mass is 248 g/mol. The van der Waals surface area contributed by atoms with Crippen molar-refractivity contribution >= 4 is 16.8 Å². The minimum Gasteiger partial charge on any atom is -0.329 e. The van der Waals surface area contributed by atoms with E-state index in [1.807, 2.05) is 37.3 Å². The summed E-state index contributed by atoms with van der Waals surface area (Å²) in [5, 5.41) is 0. The first-order valence-electron chi connectivity index (χ1n) is 4.83. The summed E-state index contributed by atoms with van der Waals surface area (Å²) in [5.74, 6) is 1.25. The summed E-state index contributed by atoms with van der Waals surface area (Å²) >= 11 is 0. The molecule has 0 saturated carbocycles. The van der Waals surface area contributed by atoms with Crippen molar-refractivity contribution in [1.82, 2.24) is 0 Å². The van der Waals surface area contributed by atoms with E-state index >= 15 is 0 Å². The summed E-state index contributed by atoms with van der Waals surface area (Å²) in [6.07, 6.45) is 0.779. The predicted molar refractivity (Wildman–Crippen MR) is 66.5 cm³/mol.